The molecule has 0 atom stereocenters. The van der Waals surface area contributed by atoms with E-state index in [1.807, 2.05) is 61.5 Å². The third kappa shape index (κ3) is 2.01. The normalized spacial score (nSPS) is 11.4. The molecule has 1 N–H and O–H groups in total. The van der Waals surface area contributed by atoms with Crippen LogP contribution in [0.4, 0.5) is 0 Å². The molecule has 0 fully saturated rings. The molecule has 0 amide bonds. The van der Waals surface area contributed by atoms with E-state index in [-0.39, 0.29) is 17.0 Å². The zero-order chi connectivity index (χ0) is 16.7. The Balaban J connectivity index is 2.21. The van der Waals surface area contributed by atoms with Crippen molar-refractivity contribution in [3.8, 4) is 17.0 Å². The Morgan fingerprint density at radius 3 is 2.54 bits per heavy atom. The lowest BCUT2D eigenvalue weighted by Crippen LogP contribution is -2.40. The van der Waals surface area contributed by atoms with Crippen LogP contribution >= 0.6 is 0 Å². The molecule has 4 rings (SSSR count). The maximum absolute atomic E-state index is 13.1. The molecule has 0 radical (unpaired) electrons. The summed E-state index contributed by atoms with van der Waals surface area (Å²) in [6.45, 7) is 2.56. The Morgan fingerprint density at radius 2 is 1.79 bits per heavy atom. The van der Waals surface area contributed by atoms with Crippen molar-refractivity contribution in [2.24, 2.45) is 0 Å². The van der Waals surface area contributed by atoms with Crippen molar-refractivity contribution in [2.45, 2.75) is 19.9 Å². The van der Waals surface area contributed by atoms with Gasteiger partial charge in [-0.1, -0.05) is 49.4 Å². The van der Waals surface area contributed by atoms with Crippen LogP contribution in [0.15, 0.2) is 63.8 Å². The van der Waals surface area contributed by atoms with Crippen LogP contribution in [-0.4, -0.2) is 9.51 Å². The first-order valence-electron chi connectivity index (χ1n) is 7.97. The molecule has 2 aromatic carbocycles. The molecule has 5 heteroatoms. The quantitative estimate of drug-likeness (QED) is 0.590. The van der Waals surface area contributed by atoms with Crippen LogP contribution in [0.2, 0.25) is 0 Å². The monoisotopic (exact) mass is 321 g/mol. The van der Waals surface area contributed by atoms with E-state index in [2.05, 4.69) is 0 Å². The van der Waals surface area contributed by atoms with Gasteiger partial charge < -0.3 is 9.52 Å². The Labute approximate surface area is 138 Å². The fraction of sp³-hybridized carbons (Fsp3) is 0.158. The van der Waals surface area contributed by atoms with Gasteiger partial charge in [-0.25, -0.2) is 4.79 Å². The van der Waals surface area contributed by atoms with Crippen molar-refractivity contribution in [3.63, 3.8) is 0 Å². The number of aryl methyl sites for hydroxylation is 1. The molecule has 2 aromatic heterocycles. The number of hydrogen-bond acceptors (Lipinski definition) is 3. The van der Waals surface area contributed by atoms with Crippen molar-refractivity contribution in [1.29, 1.82) is 0 Å². The van der Waals surface area contributed by atoms with Gasteiger partial charge in [0.05, 0.1) is 6.54 Å². The topological polar surface area (TPSA) is 58.7 Å². The van der Waals surface area contributed by atoms with Gasteiger partial charge in [0.1, 0.15) is 0 Å². The highest BCUT2D eigenvalue weighted by atomic mass is 16.4. The third-order valence-electron chi connectivity index (χ3n) is 4.14. The molecule has 4 aromatic rings. The summed E-state index contributed by atoms with van der Waals surface area (Å²) < 4.78 is 9.05. The van der Waals surface area contributed by atoms with Crippen LogP contribution in [0.1, 0.15) is 13.3 Å². The third-order valence-corrected chi connectivity index (χ3v) is 4.14. The highest BCUT2D eigenvalue weighted by Gasteiger charge is 2.29. The van der Waals surface area contributed by atoms with Crippen molar-refractivity contribution in [1.82, 2.24) is 4.40 Å². The lowest BCUT2D eigenvalue weighted by molar-refractivity contribution is -0.686. The summed E-state index contributed by atoms with van der Waals surface area (Å²) in [7, 11) is 0. The van der Waals surface area contributed by atoms with E-state index in [1.165, 1.54) is 4.40 Å². The molecule has 2 heterocycles. The zero-order valence-corrected chi connectivity index (χ0v) is 13.3. The fourth-order valence-electron chi connectivity index (χ4n) is 3.06. The summed E-state index contributed by atoms with van der Waals surface area (Å²) in [6, 6.07) is 16.6. The van der Waals surface area contributed by atoms with Gasteiger partial charge in [0.2, 0.25) is 0 Å². The summed E-state index contributed by atoms with van der Waals surface area (Å²) in [5.41, 5.74) is 1.99. The number of aromatic nitrogens is 2. The second-order valence-electron chi connectivity index (χ2n) is 5.71. The Kier molecular flexibility index (Phi) is 3.34. The molecule has 0 bridgehead atoms. The SMILES string of the molecule is CCC[n+]1c(O)c(-c2ccccc2)c(=O)n2c3ccccc3oc21. The molecule has 0 aliphatic rings. The van der Waals surface area contributed by atoms with E-state index < -0.39 is 0 Å². The van der Waals surface area contributed by atoms with Crippen LogP contribution in [0.5, 0.6) is 5.88 Å². The molecular formula is C19H17N2O3+. The molecule has 120 valence electrons. The predicted molar refractivity (Wildman–Crippen MR) is 91.0 cm³/mol. The number of aromatic hydroxyl groups is 1. The second kappa shape index (κ2) is 5.53. The maximum Gasteiger partial charge on any atom is 0.473 e. The van der Waals surface area contributed by atoms with Crippen molar-refractivity contribution < 1.29 is 14.1 Å². The van der Waals surface area contributed by atoms with Gasteiger partial charge in [0.25, 0.3) is 0 Å². The van der Waals surface area contributed by atoms with Crippen molar-refractivity contribution >= 4 is 16.9 Å². The molecule has 24 heavy (non-hydrogen) atoms. The van der Waals surface area contributed by atoms with Gasteiger partial charge in [0, 0.05) is 0 Å². The van der Waals surface area contributed by atoms with Gasteiger partial charge in [-0.15, -0.1) is 4.40 Å². The van der Waals surface area contributed by atoms with Gasteiger partial charge in [-0.2, -0.15) is 4.57 Å². The average molecular weight is 321 g/mol. The van der Waals surface area contributed by atoms with E-state index in [1.54, 1.807) is 4.57 Å². The summed E-state index contributed by atoms with van der Waals surface area (Å²) in [5, 5.41) is 10.8. The lowest BCUT2D eigenvalue weighted by atomic mass is 10.1. The number of rotatable bonds is 3. The molecular weight excluding hydrogens is 304 g/mol. The van der Waals surface area contributed by atoms with E-state index in [9.17, 15) is 9.90 Å². The summed E-state index contributed by atoms with van der Waals surface area (Å²) in [5.74, 6) is 0.285. The van der Waals surface area contributed by atoms with Gasteiger partial charge in [-0.3, -0.25) is 0 Å². The van der Waals surface area contributed by atoms with Crippen molar-refractivity contribution in [3.05, 3.63) is 65.0 Å². The molecule has 0 saturated carbocycles. The number of hydrogen-bond donors (Lipinski definition) is 1. The lowest BCUT2D eigenvalue weighted by Gasteiger charge is -2.06. The highest BCUT2D eigenvalue weighted by molar-refractivity contribution is 5.77. The summed E-state index contributed by atoms with van der Waals surface area (Å²) in [4.78, 5) is 13.1. The van der Waals surface area contributed by atoms with Crippen LogP contribution in [0.25, 0.3) is 28.1 Å². The number of benzene rings is 2. The molecule has 5 nitrogen and oxygen atoms in total. The predicted octanol–water partition coefficient (Wildman–Crippen LogP) is 3.12. The molecule has 0 aliphatic carbocycles. The summed E-state index contributed by atoms with van der Waals surface area (Å²) >= 11 is 0. The molecule has 0 saturated heterocycles. The zero-order valence-electron chi connectivity index (χ0n) is 13.3. The van der Waals surface area contributed by atoms with Gasteiger partial charge >= 0.3 is 17.3 Å². The Morgan fingerprint density at radius 1 is 1.08 bits per heavy atom. The minimum atomic E-state index is -0.286. The minimum Gasteiger partial charge on any atom is -0.477 e. The number of para-hydroxylation sites is 2. The standard InChI is InChI=1S/C19H16N2O3/c1-2-12-20-17(22)16(13-8-4-3-5-9-13)18(23)21-14-10-6-7-11-15(14)24-19(20)21/h3-11H,2,12H2,1H3/p+1. The van der Waals surface area contributed by atoms with Crippen LogP contribution < -0.4 is 10.1 Å². The van der Waals surface area contributed by atoms with E-state index in [4.69, 9.17) is 4.42 Å². The first-order valence-corrected chi connectivity index (χ1v) is 7.97. The van der Waals surface area contributed by atoms with Crippen molar-refractivity contribution in [2.75, 3.05) is 0 Å². The number of nitrogens with zero attached hydrogens (tertiary/aromatic N) is 2. The Bertz CT molecular complexity index is 1090. The van der Waals surface area contributed by atoms with Gasteiger partial charge in [0.15, 0.2) is 16.7 Å². The molecule has 0 spiro atoms. The van der Waals surface area contributed by atoms with E-state index in [0.29, 0.717) is 29.1 Å². The average Bonchev–Trinajstić information content (AvgIpc) is 2.99. The fourth-order valence-corrected chi connectivity index (χ4v) is 3.06. The van der Waals surface area contributed by atoms with Gasteiger partial charge in [-0.05, 0) is 24.1 Å². The molecule has 0 aliphatic heterocycles. The maximum atomic E-state index is 13.1. The molecule has 0 unspecified atom stereocenters. The van der Waals surface area contributed by atoms with Crippen LogP contribution in [0, 0.1) is 0 Å². The first kappa shape index (κ1) is 14.5. The summed E-state index contributed by atoms with van der Waals surface area (Å²) in [6.07, 6.45) is 0.803. The van der Waals surface area contributed by atoms with Crippen LogP contribution in [0.3, 0.4) is 0 Å². The largest absolute Gasteiger partial charge is 0.477 e. The second-order valence-corrected chi connectivity index (χ2v) is 5.71. The van der Waals surface area contributed by atoms with Crippen LogP contribution in [-0.2, 0) is 6.54 Å². The first-order chi connectivity index (χ1) is 11.7. The van der Waals surface area contributed by atoms with E-state index in [0.717, 1.165) is 6.42 Å². The number of fused-ring (bicyclic) bond motifs is 3. The minimum absolute atomic E-state index is 0.0629. The van der Waals surface area contributed by atoms with E-state index >= 15 is 0 Å². The Hall–Kier alpha value is -3.08. The highest BCUT2D eigenvalue weighted by Crippen LogP contribution is 2.25. The smallest absolute Gasteiger partial charge is 0.473 e. The number of oxazole rings is 1.